The van der Waals surface area contributed by atoms with Crippen LogP contribution in [-0.4, -0.2) is 25.3 Å². The summed E-state index contributed by atoms with van der Waals surface area (Å²) in [7, 11) is 0. The molecule has 19 heavy (non-hydrogen) atoms. The van der Waals surface area contributed by atoms with Crippen molar-refractivity contribution >= 4 is 0 Å². The minimum absolute atomic E-state index is 0.328. The Hall–Kier alpha value is -0.860. The van der Waals surface area contributed by atoms with Gasteiger partial charge in [0.25, 0.3) is 0 Å². The predicted molar refractivity (Wildman–Crippen MR) is 80.6 cm³/mol. The average molecular weight is 261 g/mol. The Bertz CT molecular complexity index is 385. The molecule has 1 aromatic carbocycles. The van der Waals surface area contributed by atoms with Gasteiger partial charge in [-0.2, -0.15) is 0 Å². The molecule has 1 saturated carbocycles. The monoisotopic (exact) mass is 261 g/mol. The van der Waals surface area contributed by atoms with Crippen LogP contribution in [0.15, 0.2) is 24.3 Å². The summed E-state index contributed by atoms with van der Waals surface area (Å²) in [6, 6.07) is 9.67. The molecule has 0 aromatic heterocycles. The van der Waals surface area contributed by atoms with Crippen LogP contribution in [0.1, 0.15) is 50.2 Å². The van der Waals surface area contributed by atoms with Gasteiger partial charge in [0.15, 0.2) is 0 Å². The van der Waals surface area contributed by atoms with Gasteiger partial charge in [-0.3, -0.25) is 0 Å². The first-order chi connectivity index (χ1) is 9.15. The minimum Gasteiger partial charge on any atom is -0.379 e. The summed E-state index contributed by atoms with van der Waals surface area (Å²) in [5.74, 6) is 0.569. The Morgan fingerprint density at radius 1 is 1.32 bits per heavy atom. The maximum absolute atomic E-state index is 5.72. The van der Waals surface area contributed by atoms with E-state index in [1.54, 1.807) is 0 Å². The van der Waals surface area contributed by atoms with Gasteiger partial charge in [-0.05, 0) is 51.5 Å². The predicted octanol–water partition coefficient (Wildman–Crippen LogP) is 3.65. The van der Waals surface area contributed by atoms with E-state index in [1.807, 2.05) is 0 Å². The van der Waals surface area contributed by atoms with Crippen LogP contribution in [0.4, 0.5) is 0 Å². The quantitative estimate of drug-likeness (QED) is 0.771. The second kappa shape index (κ2) is 7.06. The molecule has 0 bridgehead atoms. The lowest BCUT2D eigenvalue weighted by molar-refractivity contribution is 0.0732. The number of hydrogen-bond acceptors (Lipinski definition) is 2. The highest BCUT2D eigenvalue weighted by Crippen LogP contribution is 2.24. The molecule has 1 aliphatic rings. The number of aryl methyl sites for hydroxylation is 1. The largest absolute Gasteiger partial charge is 0.379 e. The van der Waals surface area contributed by atoms with Crippen LogP contribution in [0.25, 0.3) is 0 Å². The Labute approximate surface area is 117 Å². The lowest BCUT2D eigenvalue weighted by atomic mass is 9.94. The van der Waals surface area contributed by atoms with Crippen LogP contribution < -0.4 is 5.32 Å². The topological polar surface area (TPSA) is 21.3 Å². The van der Waals surface area contributed by atoms with Crippen LogP contribution in [0, 0.1) is 6.92 Å². The van der Waals surface area contributed by atoms with Gasteiger partial charge in [-0.1, -0.05) is 29.8 Å². The van der Waals surface area contributed by atoms with Crippen molar-refractivity contribution in [2.75, 3.05) is 13.2 Å². The second-order valence-electron chi connectivity index (χ2n) is 6.00. The molecule has 1 unspecified atom stereocenters. The molecule has 0 heterocycles. The molecular weight excluding hydrogens is 234 g/mol. The van der Waals surface area contributed by atoms with E-state index in [2.05, 4.69) is 50.4 Å². The van der Waals surface area contributed by atoms with Gasteiger partial charge in [0.2, 0.25) is 0 Å². The van der Waals surface area contributed by atoms with E-state index in [4.69, 9.17) is 4.74 Å². The molecule has 1 atom stereocenters. The van der Waals surface area contributed by atoms with E-state index in [0.717, 1.165) is 25.6 Å². The Kier molecular flexibility index (Phi) is 5.41. The summed E-state index contributed by atoms with van der Waals surface area (Å²) < 4.78 is 5.72. The minimum atomic E-state index is 0.328. The van der Waals surface area contributed by atoms with Crippen LogP contribution in [-0.2, 0) is 4.74 Å². The van der Waals surface area contributed by atoms with Gasteiger partial charge >= 0.3 is 0 Å². The average Bonchev–Trinajstić information content (AvgIpc) is 3.17. The van der Waals surface area contributed by atoms with Crippen molar-refractivity contribution in [2.24, 2.45) is 0 Å². The zero-order chi connectivity index (χ0) is 13.7. The van der Waals surface area contributed by atoms with E-state index < -0.39 is 0 Å². The van der Waals surface area contributed by atoms with Gasteiger partial charge in [-0.25, -0.2) is 0 Å². The maximum atomic E-state index is 5.72. The van der Waals surface area contributed by atoms with Crippen molar-refractivity contribution in [3.63, 3.8) is 0 Å². The van der Waals surface area contributed by atoms with Crippen molar-refractivity contribution < 1.29 is 4.74 Å². The number of ether oxygens (including phenoxy) is 1. The second-order valence-corrected chi connectivity index (χ2v) is 6.00. The number of hydrogen-bond donors (Lipinski definition) is 1. The third-order valence-corrected chi connectivity index (χ3v) is 3.66. The molecule has 2 heteroatoms. The van der Waals surface area contributed by atoms with E-state index in [1.165, 1.54) is 24.0 Å². The van der Waals surface area contributed by atoms with Crippen LogP contribution >= 0.6 is 0 Å². The van der Waals surface area contributed by atoms with Crippen molar-refractivity contribution in [3.8, 4) is 0 Å². The lowest BCUT2D eigenvalue weighted by Gasteiger charge is -2.19. The molecule has 1 aromatic rings. The summed E-state index contributed by atoms with van der Waals surface area (Å²) in [5.41, 5.74) is 2.79. The third-order valence-electron chi connectivity index (χ3n) is 3.66. The number of benzene rings is 1. The zero-order valence-electron chi connectivity index (χ0n) is 12.5. The molecule has 0 amide bonds. The number of rotatable bonds is 8. The zero-order valence-corrected chi connectivity index (χ0v) is 12.5. The molecule has 2 rings (SSSR count). The van der Waals surface area contributed by atoms with Gasteiger partial charge in [0.1, 0.15) is 0 Å². The smallest absolute Gasteiger partial charge is 0.0518 e. The molecule has 0 aliphatic heterocycles. The van der Waals surface area contributed by atoms with Crippen molar-refractivity contribution in [1.82, 2.24) is 5.32 Å². The Morgan fingerprint density at radius 2 is 2.11 bits per heavy atom. The molecular formula is C17H27NO. The summed E-state index contributed by atoms with van der Waals surface area (Å²) in [4.78, 5) is 0. The SMILES string of the molecule is Cc1cccc(C(CCOC(C)C)CNC2CC2)c1. The number of nitrogens with one attached hydrogen (secondary N) is 1. The summed E-state index contributed by atoms with van der Waals surface area (Å²) in [6.45, 7) is 8.30. The summed E-state index contributed by atoms with van der Waals surface area (Å²) >= 11 is 0. The van der Waals surface area contributed by atoms with E-state index in [9.17, 15) is 0 Å². The molecule has 1 fully saturated rings. The van der Waals surface area contributed by atoms with E-state index >= 15 is 0 Å². The summed E-state index contributed by atoms with van der Waals surface area (Å²) in [6.07, 6.45) is 4.13. The normalized spacial score (nSPS) is 16.8. The first-order valence-electron chi connectivity index (χ1n) is 7.56. The molecule has 1 N–H and O–H groups in total. The standard InChI is InChI=1S/C17H27NO/c1-13(2)19-10-9-16(12-18-17-7-8-17)15-6-4-5-14(3)11-15/h4-6,11,13,16-18H,7-10,12H2,1-3H3. The van der Waals surface area contributed by atoms with Gasteiger partial charge < -0.3 is 10.1 Å². The fourth-order valence-corrected chi connectivity index (χ4v) is 2.35. The lowest BCUT2D eigenvalue weighted by Crippen LogP contribution is -2.24. The molecule has 106 valence electrons. The van der Waals surface area contributed by atoms with Gasteiger partial charge in [0.05, 0.1) is 6.10 Å². The first-order valence-corrected chi connectivity index (χ1v) is 7.56. The van der Waals surface area contributed by atoms with Crippen molar-refractivity contribution in [1.29, 1.82) is 0 Å². The highest BCUT2D eigenvalue weighted by Gasteiger charge is 2.22. The Balaban J connectivity index is 1.91. The molecule has 2 nitrogen and oxygen atoms in total. The van der Waals surface area contributed by atoms with Crippen LogP contribution in [0.2, 0.25) is 0 Å². The molecule has 0 saturated heterocycles. The highest BCUT2D eigenvalue weighted by atomic mass is 16.5. The molecule has 1 aliphatic carbocycles. The van der Waals surface area contributed by atoms with E-state index in [0.29, 0.717) is 12.0 Å². The molecule has 0 radical (unpaired) electrons. The third kappa shape index (κ3) is 5.33. The van der Waals surface area contributed by atoms with Crippen LogP contribution in [0.3, 0.4) is 0 Å². The fraction of sp³-hybridized carbons (Fsp3) is 0.647. The van der Waals surface area contributed by atoms with Gasteiger partial charge in [0, 0.05) is 19.2 Å². The highest BCUT2D eigenvalue weighted by molar-refractivity contribution is 5.25. The summed E-state index contributed by atoms with van der Waals surface area (Å²) in [5, 5.41) is 3.66. The fourth-order valence-electron chi connectivity index (χ4n) is 2.35. The molecule has 0 spiro atoms. The van der Waals surface area contributed by atoms with Crippen molar-refractivity contribution in [3.05, 3.63) is 35.4 Å². The van der Waals surface area contributed by atoms with E-state index in [-0.39, 0.29) is 0 Å². The Morgan fingerprint density at radius 3 is 2.74 bits per heavy atom. The first kappa shape index (κ1) is 14.5. The van der Waals surface area contributed by atoms with Gasteiger partial charge in [-0.15, -0.1) is 0 Å². The van der Waals surface area contributed by atoms with Crippen molar-refractivity contribution in [2.45, 2.75) is 58.1 Å². The maximum Gasteiger partial charge on any atom is 0.0518 e. The van der Waals surface area contributed by atoms with Crippen LogP contribution in [0.5, 0.6) is 0 Å².